The molecule has 1 aliphatic carbocycles. The maximum atomic E-state index is 14.1. The summed E-state index contributed by atoms with van der Waals surface area (Å²) in [6.45, 7) is 6.32. The maximum Gasteiger partial charge on any atom is 0.407 e. The van der Waals surface area contributed by atoms with Crippen LogP contribution in [0.5, 0.6) is 5.75 Å². The number of benzene rings is 2. The number of methoxy groups -OCH3 is 1. The Labute approximate surface area is 287 Å². The van der Waals surface area contributed by atoms with Gasteiger partial charge >= 0.3 is 16.3 Å². The lowest BCUT2D eigenvalue weighted by atomic mass is 9.81. The van der Waals surface area contributed by atoms with Crippen LogP contribution >= 0.6 is 0 Å². The van der Waals surface area contributed by atoms with Crippen LogP contribution in [0.15, 0.2) is 42.0 Å². The van der Waals surface area contributed by atoms with Gasteiger partial charge in [-0.2, -0.15) is 12.7 Å². The molecule has 12 nitrogen and oxygen atoms in total. The number of fused-ring (bicyclic) bond motifs is 5. The fraction of sp³-hybridized carbons (Fsp3) is 0.472. The number of nitrogens with zero attached hydrogens (tertiary/aromatic N) is 3. The summed E-state index contributed by atoms with van der Waals surface area (Å²) in [6.07, 6.45) is 6.87. The molecule has 1 aromatic heterocycles. The summed E-state index contributed by atoms with van der Waals surface area (Å²) >= 11 is 0. The molecule has 0 bridgehead atoms. The van der Waals surface area contributed by atoms with Crippen molar-refractivity contribution in [3.63, 3.8) is 0 Å². The molecule has 3 aliphatic rings. The zero-order valence-corrected chi connectivity index (χ0v) is 29.8. The molecule has 1 saturated carbocycles. The maximum absolute atomic E-state index is 14.1. The van der Waals surface area contributed by atoms with Crippen molar-refractivity contribution < 1.29 is 32.3 Å². The molecule has 2 aliphatic heterocycles. The van der Waals surface area contributed by atoms with Crippen molar-refractivity contribution in [1.82, 2.24) is 23.8 Å². The van der Waals surface area contributed by atoms with E-state index < -0.39 is 27.8 Å². The molecule has 1 saturated heterocycles. The average molecular weight is 692 g/mol. The van der Waals surface area contributed by atoms with E-state index in [1.807, 2.05) is 30.3 Å². The minimum absolute atomic E-state index is 0.157. The quantitative estimate of drug-likeness (QED) is 0.354. The Hall–Kier alpha value is -4.36. The summed E-state index contributed by atoms with van der Waals surface area (Å²) in [6, 6.07) is 11.0. The van der Waals surface area contributed by atoms with E-state index in [0.717, 1.165) is 57.7 Å². The zero-order chi connectivity index (χ0) is 35.2. The molecule has 6 rings (SSSR count). The molecule has 2 N–H and O–H groups in total. The molecule has 2 fully saturated rings. The number of aromatic nitrogens is 1. The highest BCUT2D eigenvalue weighted by Gasteiger charge is 2.36. The van der Waals surface area contributed by atoms with Gasteiger partial charge in [0.1, 0.15) is 11.4 Å². The molecule has 3 aromatic rings. The van der Waals surface area contributed by atoms with Gasteiger partial charge in [0.2, 0.25) is 0 Å². The summed E-state index contributed by atoms with van der Waals surface area (Å²) in [4.78, 5) is 41.4. The second kappa shape index (κ2) is 13.2. The second-order valence-electron chi connectivity index (χ2n) is 14.3. The van der Waals surface area contributed by atoms with E-state index >= 15 is 0 Å². The summed E-state index contributed by atoms with van der Waals surface area (Å²) in [7, 11) is 0.314. The first kappa shape index (κ1) is 34.5. The number of carbonyl (C=O) groups excluding carboxylic acids is 3. The molecule has 2 aromatic carbocycles. The van der Waals surface area contributed by atoms with Gasteiger partial charge in [-0.25, -0.2) is 9.52 Å². The van der Waals surface area contributed by atoms with Crippen molar-refractivity contribution >= 4 is 45.1 Å². The minimum Gasteiger partial charge on any atom is -0.497 e. The van der Waals surface area contributed by atoms with Crippen molar-refractivity contribution in [3.8, 4) is 17.0 Å². The predicted octanol–water partition coefficient (Wildman–Crippen LogP) is 5.03. The Kier molecular flexibility index (Phi) is 9.27. The van der Waals surface area contributed by atoms with Gasteiger partial charge in [0.05, 0.1) is 25.4 Å². The Morgan fingerprint density at radius 1 is 0.980 bits per heavy atom. The third-order valence-corrected chi connectivity index (χ3v) is 10.8. The molecule has 0 unspecified atom stereocenters. The van der Waals surface area contributed by atoms with Crippen molar-refractivity contribution in [3.05, 3.63) is 58.7 Å². The molecular formula is C36H45N5O7S. The minimum atomic E-state index is -4.01. The van der Waals surface area contributed by atoms with Crippen LogP contribution in [0.25, 0.3) is 28.2 Å². The van der Waals surface area contributed by atoms with Gasteiger partial charge in [0.15, 0.2) is 0 Å². The monoisotopic (exact) mass is 691 g/mol. The van der Waals surface area contributed by atoms with Gasteiger partial charge in [-0.1, -0.05) is 25.3 Å². The summed E-state index contributed by atoms with van der Waals surface area (Å²) in [5.74, 6) is 0.0525. The molecule has 13 heteroatoms. The Morgan fingerprint density at radius 2 is 1.69 bits per heavy atom. The number of carbonyl (C=O) groups is 3. The lowest BCUT2D eigenvalue weighted by molar-refractivity contribution is -0.132. The molecule has 49 heavy (non-hydrogen) atoms. The lowest BCUT2D eigenvalue weighted by Crippen LogP contribution is -2.61. The number of ether oxygens (including phenoxy) is 2. The van der Waals surface area contributed by atoms with Crippen LogP contribution in [0.4, 0.5) is 4.79 Å². The van der Waals surface area contributed by atoms with E-state index in [0.29, 0.717) is 24.4 Å². The smallest absolute Gasteiger partial charge is 0.407 e. The lowest BCUT2D eigenvalue weighted by Gasteiger charge is -2.40. The summed E-state index contributed by atoms with van der Waals surface area (Å²) in [5, 5.41) is 3.82. The van der Waals surface area contributed by atoms with Crippen molar-refractivity contribution in [2.75, 3.05) is 34.3 Å². The number of rotatable bonds is 7. The number of hydrogen-bond donors (Lipinski definition) is 2. The number of amides is 3. The Balaban J connectivity index is 1.42. The Bertz CT molecular complexity index is 1950. The first-order valence-corrected chi connectivity index (χ1v) is 18.2. The highest BCUT2D eigenvalue weighted by molar-refractivity contribution is 7.87. The standard InChI is InChI=1S/C36H45N5O7S/c1-36(2,3)48-35(44)37-26-20-40(21-26)34(43)25-16-24-17-27(47-6)13-15-28(24)32-31(22-10-8-7-9-11-22)29-14-12-23(18-30(29)41(32)19-25)33(42)38-49(45,46)39(4)5/h12-18,22,26H,7-11,19-21H2,1-6H3,(H,37,44)(H,38,42). The Morgan fingerprint density at radius 3 is 2.35 bits per heavy atom. The van der Waals surface area contributed by atoms with E-state index in [4.69, 9.17) is 9.47 Å². The number of nitrogens with one attached hydrogen (secondary N) is 2. The normalized spacial score (nSPS) is 17.0. The van der Waals surface area contributed by atoms with Crippen LogP contribution in [0.2, 0.25) is 0 Å². The van der Waals surface area contributed by atoms with Gasteiger partial charge in [0.25, 0.3) is 11.8 Å². The fourth-order valence-electron chi connectivity index (χ4n) is 6.99. The van der Waals surface area contributed by atoms with E-state index in [9.17, 15) is 22.8 Å². The van der Waals surface area contributed by atoms with Crippen LogP contribution in [-0.2, 0) is 26.3 Å². The number of likely N-dealkylation sites (tertiary alicyclic amines) is 1. The van der Waals surface area contributed by atoms with E-state index in [1.54, 1.807) is 44.9 Å². The first-order valence-electron chi connectivity index (χ1n) is 16.7. The van der Waals surface area contributed by atoms with Crippen molar-refractivity contribution in [2.45, 2.75) is 77.0 Å². The van der Waals surface area contributed by atoms with E-state index in [-0.39, 0.29) is 30.0 Å². The van der Waals surface area contributed by atoms with Gasteiger partial charge in [0, 0.05) is 54.8 Å². The van der Waals surface area contributed by atoms with Gasteiger partial charge in [-0.15, -0.1) is 0 Å². The van der Waals surface area contributed by atoms with Gasteiger partial charge in [-0.05, 0) is 87.1 Å². The third-order valence-electron chi connectivity index (χ3n) is 9.42. The van der Waals surface area contributed by atoms with Crippen LogP contribution < -0.4 is 14.8 Å². The molecule has 0 radical (unpaired) electrons. The predicted molar refractivity (Wildman–Crippen MR) is 188 cm³/mol. The van der Waals surface area contributed by atoms with Crippen LogP contribution in [-0.4, -0.2) is 86.0 Å². The molecule has 262 valence electrons. The molecule has 3 amide bonds. The van der Waals surface area contributed by atoms with Crippen LogP contribution in [0, 0.1) is 0 Å². The topological polar surface area (TPSA) is 139 Å². The molecular weight excluding hydrogens is 646 g/mol. The summed E-state index contributed by atoms with van der Waals surface area (Å²) in [5.41, 5.74) is 4.84. The first-order chi connectivity index (χ1) is 23.1. The third kappa shape index (κ3) is 7.04. The van der Waals surface area contributed by atoms with Crippen molar-refractivity contribution in [1.29, 1.82) is 0 Å². The summed E-state index contributed by atoms with van der Waals surface area (Å²) < 4.78 is 41.2. The highest BCUT2D eigenvalue weighted by atomic mass is 32.2. The largest absolute Gasteiger partial charge is 0.497 e. The molecule has 3 heterocycles. The SMILES string of the molecule is COc1ccc2c(c1)C=C(C(=O)N1CC(NC(=O)OC(C)(C)C)C1)Cn1c-2c(C2CCCCC2)c2ccc(C(=O)NS(=O)(=O)N(C)C)cc21. The van der Waals surface area contributed by atoms with Gasteiger partial charge in [-0.3, -0.25) is 9.59 Å². The van der Waals surface area contributed by atoms with Gasteiger partial charge < -0.3 is 24.3 Å². The zero-order valence-electron chi connectivity index (χ0n) is 29.0. The molecule has 0 atom stereocenters. The van der Waals surface area contributed by atoms with E-state index in [2.05, 4.69) is 14.6 Å². The van der Waals surface area contributed by atoms with Crippen LogP contribution in [0.1, 0.15) is 80.3 Å². The number of alkyl carbamates (subject to hydrolysis) is 1. The number of hydrogen-bond acceptors (Lipinski definition) is 7. The average Bonchev–Trinajstić information content (AvgIpc) is 3.23. The van der Waals surface area contributed by atoms with Crippen molar-refractivity contribution in [2.24, 2.45) is 0 Å². The highest BCUT2D eigenvalue weighted by Crippen LogP contribution is 2.47. The molecule has 0 spiro atoms. The fourth-order valence-corrected chi connectivity index (χ4v) is 7.53. The van der Waals surface area contributed by atoms with E-state index in [1.165, 1.54) is 26.1 Å². The second-order valence-corrected chi connectivity index (χ2v) is 16.2. The van der Waals surface area contributed by atoms with Crippen LogP contribution in [0.3, 0.4) is 0 Å².